The summed E-state index contributed by atoms with van der Waals surface area (Å²) in [5, 5.41) is 12.1. The molecular formula is C25H26N4O2. The maximum absolute atomic E-state index is 12.7. The number of nitrogens with zero attached hydrogens (tertiary/aromatic N) is 3. The molecule has 0 saturated heterocycles. The molecule has 4 aromatic rings. The first-order valence-electron chi connectivity index (χ1n) is 10.4. The highest BCUT2D eigenvalue weighted by atomic mass is 16.5. The molecule has 0 bridgehead atoms. The van der Waals surface area contributed by atoms with Crippen LogP contribution in [0.25, 0.3) is 16.7 Å². The van der Waals surface area contributed by atoms with Gasteiger partial charge in [0.25, 0.3) is 5.91 Å². The van der Waals surface area contributed by atoms with Gasteiger partial charge in [0.2, 0.25) is 0 Å². The summed E-state index contributed by atoms with van der Waals surface area (Å²) >= 11 is 0. The summed E-state index contributed by atoms with van der Waals surface area (Å²) in [7, 11) is 0. The number of carbonyl (C=O) groups excluding carboxylic acids is 1. The fraction of sp³-hybridized carbons (Fsp3) is 0.240. The molecule has 0 aliphatic heterocycles. The molecule has 1 heterocycles. The summed E-state index contributed by atoms with van der Waals surface area (Å²) < 4.78 is 5.68. The molecule has 6 nitrogen and oxygen atoms in total. The van der Waals surface area contributed by atoms with Crippen LogP contribution in [0.3, 0.4) is 0 Å². The second-order valence-corrected chi connectivity index (χ2v) is 8.09. The number of anilines is 1. The maximum Gasteiger partial charge on any atom is 0.255 e. The summed E-state index contributed by atoms with van der Waals surface area (Å²) in [5.41, 5.74) is 4.84. The van der Waals surface area contributed by atoms with E-state index in [4.69, 9.17) is 4.74 Å². The summed E-state index contributed by atoms with van der Waals surface area (Å²) in [6, 6.07) is 20.9. The van der Waals surface area contributed by atoms with Crippen molar-refractivity contribution >= 4 is 22.6 Å². The van der Waals surface area contributed by atoms with Gasteiger partial charge in [-0.1, -0.05) is 32.0 Å². The molecule has 4 rings (SSSR count). The molecule has 1 N–H and O–H groups in total. The van der Waals surface area contributed by atoms with Crippen molar-refractivity contribution < 1.29 is 9.53 Å². The lowest BCUT2D eigenvalue weighted by atomic mass is 10.0. The average molecular weight is 415 g/mol. The van der Waals surface area contributed by atoms with Crippen LogP contribution < -0.4 is 10.1 Å². The van der Waals surface area contributed by atoms with Crippen LogP contribution >= 0.6 is 0 Å². The van der Waals surface area contributed by atoms with Gasteiger partial charge in [-0.05, 0) is 73.9 Å². The van der Waals surface area contributed by atoms with E-state index in [1.54, 1.807) is 16.9 Å². The smallest absolute Gasteiger partial charge is 0.255 e. The molecule has 0 fully saturated rings. The third kappa shape index (κ3) is 4.74. The maximum atomic E-state index is 12.7. The van der Waals surface area contributed by atoms with Crippen molar-refractivity contribution in [3.8, 4) is 11.4 Å². The van der Waals surface area contributed by atoms with Gasteiger partial charge in [-0.15, -0.1) is 10.2 Å². The minimum absolute atomic E-state index is 0.0462. The van der Waals surface area contributed by atoms with Crippen molar-refractivity contribution in [2.24, 2.45) is 0 Å². The zero-order chi connectivity index (χ0) is 22.0. The predicted octanol–water partition coefficient (Wildman–Crippen LogP) is 5.58. The molecule has 1 aromatic heterocycles. The normalized spacial score (nSPS) is 11.3. The number of nitrogens with one attached hydrogen (secondary N) is 1. The van der Waals surface area contributed by atoms with Crippen LogP contribution in [-0.4, -0.2) is 27.0 Å². The van der Waals surface area contributed by atoms with Crippen molar-refractivity contribution in [1.29, 1.82) is 0 Å². The van der Waals surface area contributed by atoms with Gasteiger partial charge >= 0.3 is 0 Å². The van der Waals surface area contributed by atoms with Crippen molar-refractivity contribution in [3.63, 3.8) is 0 Å². The fourth-order valence-corrected chi connectivity index (χ4v) is 3.29. The van der Waals surface area contributed by atoms with E-state index in [1.165, 1.54) is 5.56 Å². The molecule has 0 unspecified atom stereocenters. The largest absolute Gasteiger partial charge is 0.491 e. The Morgan fingerprint density at radius 1 is 0.903 bits per heavy atom. The number of amides is 1. The Labute approximate surface area is 181 Å². The van der Waals surface area contributed by atoms with E-state index in [9.17, 15) is 4.79 Å². The first kappa shape index (κ1) is 20.6. The van der Waals surface area contributed by atoms with Crippen LogP contribution in [0.4, 0.5) is 5.69 Å². The Kier molecular flexibility index (Phi) is 5.71. The summed E-state index contributed by atoms with van der Waals surface area (Å²) in [5.74, 6) is 0.942. The van der Waals surface area contributed by atoms with Crippen LogP contribution in [0.15, 0.2) is 66.7 Å². The Morgan fingerprint density at radius 3 is 2.35 bits per heavy atom. The van der Waals surface area contributed by atoms with Gasteiger partial charge in [0, 0.05) is 11.3 Å². The highest BCUT2D eigenvalue weighted by Gasteiger charge is 2.11. The van der Waals surface area contributed by atoms with E-state index >= 15 is 0 Å². The lowest BCUT2D eigenvalue weighted by molar-refractivity contribution is 0.102. The molecule has 31 heavy (non-hydrogen) atoms. The van der Waals surface area contributed by atoms with Gasteiger partial charge in [-0.3, -0.25) is 4.79 Å². The molecule has 3 aromatic carbocycles. The van der Waals surface area contributed by atoms with Gasteiger partial charge in [-0.25, -0.2) is 0 Å². The topological polar surface area (TPSA) is 69.0 Å². The van der Waals surface area contributed by atoms with Crippen molar-refractivity contribution in [1.82, 2.24) is 15.0 Å². The van der Waals surface area contributed by atoms with Gasteiger partial charge in [0.1, 0.15) is 16.8 Å². The second-order valence-electron chi connectivity index (χ2n) is 8.09. The lowest BCUT2D eigenvalue weighted by Crippen LogP contribution is -2.12. The minimum atomic E-state index is -0.203. The van der Waals surface area contributed by atoms with Crippen LogP contribution in [0.5, 0.6) is 5.75 Å². The van der Waals surface area contributed by atoms with Crippen LogP contribution in [0.1, 0.15) is 49.5 Å². The van der Waals surface area contributed by atoms with E-state index in [0.717, 1.165) is 11.2 Å². The first-order chi connectivity index (χ1) is 14.9. The van der Waals surface area contributed by atoms with Crippen LogP contribution in [-0.2, 0) is 0 Å². The number of carbonyl (C=O) groups is 1. The number of hydrogen-bond donors (Lipinski definition) is 1. The zero-order valence-electron chi connectivity index (χ0n) is 18.2. The molecule has 6 heteroatoms. The van der Waals surface area contributed by atoms with Crippen molar-refractivity contribution in [3.05, 3.63) is 77.9 Å². The molecule has 0 atom stereocenters. The van der Waals surface area contributed by atoms with E-state index in [2.05, 4.69) is 41.5 Å². The summed E-state index contributed by atoms with van der Waals surface area (Å²) in [6.07, 6.45) is 0.0462. The van der Waals surface area contributed by atoms with Gasteiger partial charge in [-0.2, -0.15) is 4.80 Å². The number of ether oxygens (including phenoxy) is 1. The molecule has 0 spiro atoms. The lowest BCUT2D eigenvalue weighted by Gasteiger charge is -2.11. The number of benzene rings is 3. The summed E-state index contributed by atoms with van der Waals surface area (Å²) in [6.45, 7) is 8.24. The van der Waals surface area contributed by atoms with Gasteiger partial charge < -0.3 is 10.1 Å². The Bertz CT molecular complexity index is 1210. The number of rotatable bonds is 6. The van der Waals surface area contributed by atoms with E-state index in [1.807, 2.05) is 56.3 Å². The Balaban J connectivity index is 1.53. The Morgan fingerprint density at radius 2 is 1.65 bits per heavy atom. The van der Waals surface area contributed by atoms with Gasteiger partial charge in [0.05, 0.1) is 11.8 Å². The van der Waals surface area contributed by atoms with E-state index in [-0.39, 0.29) is 12.0 Å². The highest BCUT2D eigenvalue weighted by molar-refractivity contribution is 6.05. The molecular weight excluding hydrogens is 388 g/mol. The average Bonchev–Trinajstić information content (AvgIpc) is 3.17. The third-order valence-corrected chi connectivity index (χ3v) is 4.90. The molecule has 0 saturated carbocycles. The highest BCUT2D eigenvalue weighted by Crippen LogP contribution is 2.21. The zero-order valence-corrected chi connectivity index (χ0v) is 18.2. The standard InChI is InChI=1S/C25H26N4O2/c1-16(2)18-8-11-21(12-9-18)29-27-23-13-10-20(15-24(23)28-29)26-25(30)19-6-5-7-22(14-19)31-17(3)4/h5-17H,1-4H3,(H,26,30). The van der Waals surface area contributed by atoms with Crippen molar-refractivity contribution in [2.45, 2.75) is 39.7 Å². The van der Waals surface area contributed by atoms with E-state index in [0.29, 0.717) is 28.4 Å². The van der Waals surface area contributed by atoms with E-state index < -0.39 is 0 Å². The molecule has 0 aliphatic rings. The summed E-state index contributed by atoms with van der Waals surface area (Å²) in [4.78, 5) is 14.3. The number of hydrogen-bond acceptors (Lipinski definition) is 4. The molecule has 1 amide bonds. The Hall–Kier alpha value is -3.67. The fourth-order valence-electron chi connectivity index (χ4n) is 3.29. The third-order valence-electron chi connectivity index (χ3n) is 4.90. The van der Waals surface area contributed by atoms with Crippen molar-refractivity contribution in [2.75, 3.05) is 5.32 Å². The quantitative estimate of drug-likeness (QED) is 0.447. The number of fused-ring (bicyclic) bond motifs is 1. The molecule has 158 valence electrons. The first-order valence-corrected chi connectivity index (χ1v) is 10.4. The van der Waals surface area contributed by atoms with Crippen LogP contribution in [0.2, 0.25) is 0 Å². The minimum Gasteiger partial charge on any atom is -0.491 e. The van der Waals surface area contributed by atoms with Gasteiger partial charge in [0.15, 0.2) is 0 Å². The monoisotopic (exact) mass is 414 g/mol. The second kappa shape index (κ2) is 8.60. The number of aromatic nitrogens is 3. The SMILES string of the molecule is CC(C)Oc1cccc(C(=O)Nc2ccc3nn(-c4ccc(C(C)C)cc4)nc3c2)c1. The molecule has 0 radical (unpaired) electrons. The predicted molar refractivity (Wildman–Crippen MR) is 123 cm³/mol. The van der Waals surface area contributed by atoms with Crippen LogP contribution in [0, 0.1) is 0 Å². The molecule has 0 aliphatic carbocycles.